The molecule has 20 heavy (non-hydrogen) atoms. The van der Waals surface area contributed by atoms with Gasteiger partial charge in [-0.15, -0.1) is 0 Å². The van der Waals surface area contributed by atoms with E-state index in [2.05, 4.69) is 15.9 Å². The zero-order chi connectivity index (χ0) is 13.9. The van der Waals surface area contributed by atoms with E-state index in [0.717, 1.165) is 18.7 Å². The molecule has 3 rings (SSSR count). The summed E-state index contributed by atoms with van der Waals surface area (Å²) in [7, 11) is 0. The molecule has 0 radical (unpaired) electrons. The Morgan fingerprint density at radius 2 is 2.05 bits per heavy atom. The van der Waals surface area contributed by atoms with Crippen LogP contribution in [0.1, 0.15) is 30.4 Å². The SMILES string of the molecule is N#Cc1ccc(F)cc1CN1CCC(N2CCCC2)C1. The van der Waals surface area contributed by atoms with Crippen molar-refractivity contribution in [3.8, 4) is 6.07 Å². The molecule has 3 nitrogen and oxygen atoms in total. The smallest absolute Gasteiger partial charge is 0.123 e. The van der Waals surface area contributed by atoms with Gasteiger partial charge < -0.3 is 0 Å². The molecule has 1 unspecified atom stereocenters. The second-order valence-electron chi connectivity index (χ2n) is 5.83. The van der Waals surface area contributed by atoms with Crippen molar-refractivity contribution in [2.75, 3.05) is 26.2 Å². The highest BCUT2D eigenvalue weighted by Crippen LogP contribution is 2.22. The van der Waals surface area contributed by atoms with Crippen molar-refractivity contribution < 1.29 is 4.39 Å². The van der Waals surface area contributed by atoms with Crippen LogP contribution in [-0.2, 0) is 6.54 Å². The first kappa shape index (κ1) is 13.5. The Bertz CT molecular complexity index is 517. The number of likely N-dealkylation sites (tertiary alicyclic amines) is 2. The second kappa shape index (κ2) is 5.90. The topological polar surface area (TPSA) is 30.3 Å². The highest BCUT2D eigenvalue weighted by molar-refractivity contribution is 5.37. The highest BCUT2D eigenvalue weighted by Gasteiger charge is 2.29. The lowest BCUT2D eigenvalue weighted by atomic mass is 10.1. The summed E-state index contributed by atoms with van der Waals surface area (Å²) >= 11 is 0. The maximum Gasteiger partial charge on any atom is 0.123 e. The van der Waals surface area contributed by atoms with E-state index in [1.807, 2.05) is 0 Å². The minimum Gasteiger partial charge on any atom is -0.299 e. The van der Waals surface area contributed by atoms with Crippen molar-refractivity contribution in [1.82, 2.24) is 9.80 Å². The van der Waals surface area contributed by atoms with Crippen molar-refractivity contribution in [1.29, 1.82) is 5.26 Å². The molecule has 1 aromatic carbocycles. The van der Waals surface area contributed by atoms with E-state index < -0.39 is 0 Å². The molecule has 0 saturated carbocycles. The Labute approximate surface area is 119 Å². The van der Waals surface area contributed by atoms with Crippen molar-refractivity contribution in [2.24, 2.45) is 0 Å². The number of rotatable bonds is 3. The van der Waals surface area contributed by atoms with Crippen molar-refractivity contribution in [3.63, 3.8) is 0 Å². The standard InChI is InChI=1S/C16H20FN3/c17-15-4-3-13(10-18)14(9-15)11-19-8-5-16(12-19)20-6-1-2-7-20/h3-4,9,16H,1-2,5-8,11-12H2. The monoisotopic (exact) mass is 273 g/mol. The molecule has 0 spiro atoms. The summed E-state index contributed by atoms with van der Waals surface area (Å²) in [6.45, 7) is 5.22. The van der Waals surface area contributed by atoms with Crippen LogP contribution in [0.15, 0.2) is 18.2 Å². The first-order chi connectivity index (χ1) is 9.76. The summed E-state index contributed by atoms with van der Waals surface area (Å²) < 4.78 is 13.3. The largest absolute Gasteiger partial charge is 0.299 e. The molecule has 1 atom stereocenters. The Morgan fingerprint density at radius 3 is 2.80 bits per heavy atom. The third-order valence-electron chi connectivity index (χ3n) is 4.49. The van der Waals surface area contributed by atoms with E-state index in [-0.39, 0.29) is 5.82 Å². The van der Waals surface area contributed by atoms with Crippen molar-refractivity contribution >= 4 is 0 Å². The van der Waals surface area contributed by atoms with Crippen molar-refractivity contribution in [3.05, 3.63) is 35.1 Å². The van der Waals surface area contributed by atoms with Crippen LogP contribution in [0.3, 0.4) is 0 Å². The molecule has 0 amide bonds. The fraction of sp³-hybridized carbons (Fsp3) is 0.562. The van der Waals surface area contributed by atoms with Gasteiger partial charge in [0.2, 0.25) is 0 Å². The normalized spacial score (nSPS) is 24.1. The van der Waals surface area contributed by atoms with Crippen LogP contribution in [0.25, 0.3) is 0 Å². The lowest BCUT2D eigenvalue weighted by Crippen LogP contribution is -2.35. The molecule has 0 N–H and O–H groups in total. The lowest BCUT2D eigenvalue weighted by Gasteiger charge is -2.23. The van der Waals surface area contributed by atoms with Gasteiger partial charge in [0, 0.05) is 25.7 Å². The van der Waals surface area contributed by atoms with Crippen LogP contribution < -0.4 is 0 Å². The molecule has 0 bridgehead atoms. The molecular formula is C16H20FN3. The van der Waals surface area contributed by atoms with Gasteiger partial charge in [-0.1, -0.05) is 0 Å². The summed E-state index contributed by atoms with van der Waals surface area (Å²) in [5.74, 6) is -0.255. The lowest BCUT2D eigenvalue weighted by molar-refractivity contribution is 0.230. The number of hydrogen-bond donors (Lipinski definition) is 0. The van der Waals surface area contributed by atoms with Gasteiger partial charge in [-0.25, -0.2) is 4.39 Å². The molecule has 2 fully saturated rings. The number of halogens is 1. The van der Waals surface area contributed by atoms with E-state index in [4.69, 9.17) is 5.26 Å². The fourth-order valence-corrected chi connectivity index (χ4v) is 3.40. The molecule has 4 heteroatoms. The van der Waals surface area contributed by atoms with Gasteiger partial charge in [-0.3, -0.25) is 9.80 Å². The highest BCUT2D eigenvalue weighted by atomic mass is 19.1. The van der Waals surface area contributed by atoms with E-state index >= 15 is 0 Å². The molecule has 1 aromatic rings. The van der Waals surface area contributed by atoms with Crippen LogP contribution in [0, 0.1) is 17.1 Å². The van der Waals surface area contributed by atoms with Gasteiger partial charge in [0.25, 0.3) is 0 Å². The van der Waals surface area contributed by atoms with Gasteiger partial charge in [0.05, 0.1) is 11.6 Å². The van der Waals surface area contributed by atoms with Gasteiger partial charge in [-0.2, -0.15) is 5.26 Å². The van der Waals surface area contributed by atoms with Crippen LogP contribution in [0.2, 0.25) is 0 Å². The number of benzene rings is 1. The molecule has 106 valence electrons. The minimum atomic E-state index is -0.255. The molecule has 0 aliphatic carbocycles. The van der Waals surface area contributed by atoms with Gasteiger partial charge in [0.15, 0.2) is 0 Å². The second-order valence-corrected chi connectivity index (χ2v) is 5.83. The quantitative estimate of drug-likeness (QED) is 0.847. The number of nitrogens with zero attached hydrogens (tertiary/aromatic N) is 3. The minimum absolute atomic E-state index is 0.255. The number of hydrogen-bond acceptors (Lipinski definition) is 3. The maximum absolute atomic E-state index is 13.3. The summed E-state index contributed by atoms with van der Waals surface area (Å²) in [6, 6.07) is 7.25. The molecule has 2 aliphatic heterocycles. The zero-order valence-corrected chi connectivity index (χ0v) is 11.7. The van der Waals surface area contributed by atoms with Gasteiger partial charge >= 0.3 is 0 Å². The van der Waals surface area contributed by atoms with Crippen LogP contribution in [0.4, 0.5) is 4.39 Å². The van der Waals surface area contributed by atoms with Crippen LogP contribution in [0.5, 0.6) is 0 Å². The first-order valence-corrected chi connectivity index (χ1v) is 7.41. The molecule has 2 heterocycles. The molecule has 2 aliphatic rings. The number of nitriles is 1. The van der Waals surface area contributed by atoms with Crippen molar-refractivity contribution in [2.45, 2.75) is 31.8 Å². The Balaban J connectivity index is 1.64. The average molecular weight is 273 g/mol. The molecular weight excluding hydrogens is 253 g/mol. The van der Waals surface area contributed by atoms with Gasteiger partial charge in [0.1, 0.15) is 5.82 Å². The maximum atomic E-state index is 13.3. The third-order valence-corrected chi connectivity index (χ3v) is 4.49. The summed E-state index contributed by atoms with van der Waals surface area (Å²) in [5, 5.41) is 9.11. The Kier molecular flexibility index (Phi) is 4.00. The Hall–Kier alpha value is -1.44. The summed E-state index contributed by atoms with van der Waals surface area (Å²) in [6.07, 6.45) is 3.83. The summed E-state index contributed by atoms with van der Waals surface area (Å²) in [5.41, 5.74) is 1.41. The van der Waals surface area contributed by atoms with E-state index in [0.29, 0.717) is 18.2 Å². The fourth-order valence-electron chi connectivity index (χ4n) is 3.40. The van der Waals surface area contributed by atoms with Crippen LogP contribution in [-0.4, -0.2) is 42.0 Å². The van der Waals surface area contributed by atoms with Gasteiger partial charge in [-0.05, 0) is 56.1 Å². The molecule has 2 saturated heterocycles. The Morgan fingerprint density at radius 1 is 1.25 bits per heavy atom. The average Bonchev–Trinajstić information content (AvgIpc) is 3.09. The predicted molar refractivity (Wildman–Crippen MR) is 75.6 cm³/mol. The predicted octanol–water partition coefficient (Wildman–Crippen LogP) is 2.37. The van der Waals surface area contributed by atoms with E-state index in [1.54, 1.807) is 6.07 Å². The van der Waals surface area contributed by atoms with Crippen LogP contribution >= 0.6 is 0 Å². The molecule has 0 aromatic heterocycles. The van der Waals surface area contributed by atoms with E-state index in [9.17, 15) is 4.39 Å². The summed E-state index contributed by atoms with van der Waals surface area (Å²) in [4.78, 5) is 4.93. The zero-order valence-electron chi connectivity index (χ0n) is 11.7. The third kappa shape index (κ3) is 2.84. The first-order valence-electron chi connectivity index (χ1n) is 7.41. The van der Waals surface area contributed by atoms with E-state index in [1.165, 1.54) is 44.5 Å².